The maximum Gasteiger partial charge on any atom is 0.343 e. The number of esters is 2. The van der Waals surface area contributed by atoms with E-state index in [1.165, 1.54) is 12.5 Å². The lowest BCUT2D eigenvalue weighted by atomic mass is 10.0. The molecular formula is C38H46O8. The SMILES string of the molecule is C=COCCCC(C)CCOc1ccc(C(=O)Oc2ccc(OC(=O)c3ccc(OCCC(C)CCCOC=C)cc3)cc2)cc1. The van der Waals surface area contributed by atoms with Crippen LogP contribution in [0.2, 0.25) is 0 Å². The van der Waals surface area contributed by atoms with Crippen molar-refractivity contribution in [3.8, 4) is 23.0 Å². The second kappa shape index (κ2) is 20.3. The number of hydrogen-bond acceptors (Lipinski definition) is 8. The summed E-state index contributed by atoms with van der Waals surface area (Å²) >= 11 is 0. The van der Waals surface area contributed by atoms with E-state index in [4.69, 9.17) is 28.4 Å². The van der Waals surface area contributed by atoms with E-state index in [1.807, 2.05) is 0 Å². The lowest BCUT2D eigenvalue weighted by molar-refractivity contribution is 0.0719. The Balaban J connectivity index is 1.37. The van der Waals surface area contributed by atoms with Crippen LogP contribution in [0.1, 0.15) is 73.1 Å². The number of carbonyl (C=O) groups excluding carboxylic acids is 2. The molecule has 0 heterocycles. The third kappa shape index (κ3) is 13.5. The van der Waals surface area contributed by atoms with Crippen LogP contribution < -0.4 is 18.9 Å². The van der Waals surface area contributed by atoms with Gasteiger partial charge in [0, 0.05) is 0 Å². The zero-order valence-electron chi connectivity index (χ0n) is 27.0. The van der Waals surface area contributed by atoms with E-state index in [0.717, 1.165) is 38.5 Å². The van der Waals surface area contributed by atoms with Crippen LogP contribution in [-0.4, -0.2) is 38.4 Å². The van der Waals surface area contributed by atoms with Gasteiger partial charge in [-0.05, 0) is 123 Å². The van der Waals surface area contributed by atoms with Gasteiger partial charge in [-0.3, -0.25) is 0 Å². The smallest absolute Gasteiger partial charge is 0.343 e. The minimum Gasteiger partial charge on any atom is -0.502 e. The fourth-order valence-corrected chi connectivity index (χ4v) is 4.52. The maximum atomic E-state index is 12.6. The van der Waals surface area contributed by atoms with Gasteiger partial charge in [0.1, 0.15) is 23.0 Å². The van der Waals surface area contributed by atoms with Crippen molar-refractivity contribution in [2.45, 2.75) is 52.4 Å². The Morgan fingerprint density at radius 3 is 1.24 bits per heavy atom. The van der Waals surface area contributed by atoms with Crippen LogP contribution in [0.25, 0.3) is 0 Å². The summed E-state index contributed by atoms with van der Waals surface area (Å²) < 4.78 is 32.9. The summed E-state index contributed by atoms with van der Waals surface area (Å²) in [6, 6.07) is 20.0. The molecule has 2 atom stereocenters. The lowest BCUT2D eigenvalue weighted by Crippen LogP contribution is -2.10. The quantitative estimate of drug-likeness (QED) is 0.0471. The molecule has 3 rings (SSSR count). The summed E-state index contributed by atoms with van der Waals surface area (Å²) in [6.45, 7) is 14.0. The minimum atomic E-state index is -0.499. The van der Waals surface area contributed by atoms with Crippen molar-refractivity contribution in [2.24, 2.45) is 11.8 Å². The molecule has 0 aliphatic rings. The fraction of sp³-hybridized carbons (Fsp3) is 0.368. The Bertz CT molecular complexity index is 1230. The monoisotopic (exact) mass is 630 g/mol. The van der Waals surface area contributed by atoms with E-state index in [2.05, 4.69) is 27.0 Å². The van der Waals surface area contributed by atoms with Crippen LogP contribution in [0.3, 0.4) is 0 Å². The highest BCUT2D eigenvalue weighted by molar-refractivity contribution is 5.92. The molecule has 0 bridgehead atoms. The average molecular weight is 631 g/mol. The zero-order valence-corrected chi connectivity index (χ0v) is 27.0. The molecule has 0 N–H and O–H groups in total. The summed E-state index contributed by atoms with van der Waals surface area (Å²) in [5, 5.41) is 0. The summed E-state index contributed by atoms with van der Waals surface area (Å²) in [6.07, 6.45) is 8.88. The Kier molecular flexibility index (Phi) is 15.8. The molecule has 0 aliphatic carbocycles. The van der Waals surface area contributed by atoms with E-state index < -0.39 is 11.9 Å². The predicted molar refractivity (Wildman–Crippen MR) is 179 cm³/mol. The van der Waals surface area contributed by atoms with Crippen molar-refractivity contribution in [1.29, 1.82) is 0 Å². The molecule has 8 heteroatoms. The van der Waals surface area contributed by atoms with Crippen LogP contribution in [0.4, 0.5) is 0 Å². The number of rotatable bonds is 22. The van der Waals surface area contributed by atoms with Crippen molar-refractivity contribution in [2.75, 3.05) is 26.4 Å². The zero-order chi connectivity index (χ0) is 33.0. The van der Waals surface area contributed by atoms with Crippen LogP contribution in [-0.2, 0) is 9.47 Å². The molecule has 3 aromatic rings. The summed E-state index contributed by atoms with van der Waals surface area (Å²) in [7, 11) is 0. The maximum absolute atomic E-state index is 12.6. The molecule has 46 heavy (non-hydrogen) atoms. The first-order valence-electron chi connectivity index (χ1n) is 15.8. The fourth-order valence-electron chi connectivity index (χ4n) is 4.52. The number of benzene rings is 3. The highest BCUT2D eigenvalue weighted by atomic mass is 16.5. The molecule has 0 radical (unpaired) electrons. The van der Waals surface area contributed by atoms with Crippen molar-refractivity contribution >= 4 is 11.9 Å². The largest absolute Gasteiger partial charge is 0.502 e. The van der Waals surface area contributed by atoms with Gasteiger partial charge in [0.2, 0.25) is 0 Å². The molecule has 0 spiro atoms. The van der Waals surface area contributed by atoms with Crippen molar-refractivity contribution in [3.63, 3.8) is 0 Å². The van der Waals surface area contributed by atoms with Crippen molar-refractivity contribution in [1.82, 2.24) is 0 Å². The molecule has 0 saturated carbocycles. The summed E-state index contributed by atoms with van der Waals surface area (Å²) in [4.78, 5) is 25.3. The van der Waals surface area contributed by atoms with E-state index in [9.17, 15) is 9.59 Å². The first-order valence-corrected chi connectivity index (χ1v) is 15.8. The van der Waals surface area contributed by atoms with Crippen LogP contribution in [0.15, 0.2) is 98.5 Å². The van der Waals surface area contributed by atoms with Crippen LogP contribution in [0, 0.1) is 11.8 Å². The molecule has 0 aromatic heterocycles. The topological polar surface area (TPSA) is 89.5 Å². The average Bonchev–Trinajstić information content (AvgIpc) is 3.06. The molecule has 2 unspecified atom stereocenters. The third-order valence-electron chi connectivity index (χ3n) is 7.34. The molecule has 0 saturated heterocycles. The first kappa shape index (κ1) is 35.8. The van der Waals surface area contributed by atoms with Crippen molar-refractivity contribution in [3.05, 3.63) is 110 Å². The Hall–Kier alpha value is -4.72. The van der Waals surface area contributed by atoms with Gasteiger partial charge in [0.05, 0.1) is 50.1 Å². The summed E-state index contributed by atoms with van der Waals surface area (Å²) in [5.41, 5.74) is 0.796. The number of hydrogen-bond donors (Lipinski definition) is 0. The van der Waals surface area contributed by atoms with Gasteiger partial charge in [-0.25, -0.2) is 9.59 Å². The second-order valence-corrected chi connectivity index (χ2v) is 11.1. The summed E-state index contributed by atoms with van der Waals surface area (Å²) in [5.74, 6) is 2.10. The lowest BCUT2D eigenvalue weighted by Gasteiger charge is -2.12. The third-order valence-corrected chi connectivity index (χ3v) is 7.34. The number of ether oxygens (including phenoxy) is 6. The van der Waals surface area contributed by atoms with Gasteiger partial charge >= 0.3 is 11.9 Å². The highest BCUT2D eigenvalue weighted by Gasteiger charge is 2.12. The van der Waals surface area contributed by atoms with E-state index in [-0.39, 0.29) is 0 Å². The Morgan fingerprint density at radius 2 is 0.891 bits per heavy atom. The molecule has 0 amide bonds. The van der Waals surface area contributed by atoms with Gasteiger partial charge in [-0.2, -0.15) is 0 Å². The molecular weight excluding hydrogens is 584 g/mol. The molecule has 8 nitrogen and oxygen atoms in total. The van der Waals surface area contributed by atoms with E-state index in [0.29, 0.717) is 72.4 Å². The molecule has 0 fully saturated rings. The Morgan fingerprint density at radius 1 is 0.543 bits per heavy atom. The minimum absolute atomic E-state index is 0.332. The van der Waals surface area contributed by atoms with Gasteiger partial charge in [-0.15, -0.1) is 0 Å². The normalized spacial score (nSPS) is 11.9. The number of carbonyl (C=O) groups is 2. The van der Waals surface area contributed by atoms with Gasteiger partial charge in [0.25, 0.3) is 0 Å². The van der Waals surface area contributed by atoms with Crippen molar-refractivity contribution < 1.29 is 38.0 Å². The van der Waals surface area contributed by atoms with Crippen LogP contribution in [0.5, 0.6) is 23.0 Å². The van der Waals surface area contributed by atoms with E-state index in [1.54, 1.807) is 72.8 Å². The van der Waals surface area contributed by atoms with Crippen LogP contribution >= 0.6 is 0 Å². The molecule has 0 aliphatic heterocycles. The standard InChI is InChI=1S/C38H46O8/c1-5-41-25-7-9-29(3)23-27-43-33-15-11-31(12-16-33)37(39)45-35-19-21-36(22-20-35)46-38(40)32-13-17-34(18-14-32)44-28-24-30(4)10-8-26-42-6-2/h5-6,11-22,29-30H,1-2,7-10,23-28H2,3-4H3. The molecule has 3 aromatic carbocycles. The van der Waals surface area contributed by atoms with Gasteiger partial charge in [-0.1, -0.05) is 27.0 Å². The first-order chi connectivity index (χ1) is 22.4. The van der Waals surface area contributed by atoms with E-state index >= 15 is 0 Å². The second-order valence-electron chi connectivity index (χ2n) is 11.1. The van der Waals surface area contributed by atoms with Gasteiger partial charge < -0.3 is 28.4 Å². The highest BCUT2D eigenvalue weighted by Crippen LogP contribution is 2.22. The predicted octanol–water partition coefficient (Wildman–Crippen LogP) is 8.82. The molecule has 246 valence electrons. The van der Waals surface area contributed by atoms with Gasteiger partial charge in [0.15, 0.2) is 0 Å². The Labute approximate surface area is 272 Å².